The van der Waals surface area contributed by atoms with Crippen molar-refractivity contribution < 1.29 is 33.0 Å². The van der Waals surface area contributed by atoms with E-state index < -0.39 is 29.4 Å². The molecule has 0 radical (unpaired) electrons. The molecule has 1 spiro atoms. The number of ether oxygens (including phenoxy) is 3. The van der Waals surface area contributed by atoms with Crippen LogP contribution in [-0.2, 0) is 14.3 Å². The number of likely N-dealkylation sites (N-methyl/N-ethyl adjacent to an activating group) is 1. The van der Waals surface area contributed by atoms with Crippen molar-refractivity contribution in [2.24, 2.45) is 0 Å². The van der Waals surface area contributed by atoms with Gasteiger partial charge in [-0.3, -0.25) is 9.69 Å². The molecular weight excluding hydrogens is 444 g/mol. The van der Waals surface area contributed by atoms with Gasteiger partial charge in [-0.1, -0.05) is 0 Å². The Bertz CT molecular complexity index is 1130. The molecule has 2 aliphatic rings. The first-order valence-electron chi connectivity index (χ1n) is 10.7. The number of fused-ring (bicyclic) bond motifs is 1. The molecule has 3 heterocycles. The highest BCUT2D eigenvalue weighted by molar-refractivity contribution is 6.04. The van der Waals surface area contributed by atoms with Gasteiger partial charge in [0.2, 0.25) is 0 Å². The maximum Gasteiger partial charge on any atom is 0.411 e. The third-order valence-corrected chi connectivity index (χ3v) is 6.02. The molecule has 2 atom stereocenters. The van der Waals surface area contributed by atoms with E-state index in [-0.39, 0.29) is 18.9 Å². The van der Waals surface area contributed by atoms with Crippen molar-refractivity contribution in [1.29, 1.82) is 0 Å². The number of anilines is 1. The maximum atomic E-state index is 13.5. The number of hydrogen-bond donors (Lipinski definition) is 1. The summed E-state index contributed by atoms with van der Waals surface area (Å²) >= 11 is 0. The third kappa shape index (κ3) is 3.91. The van der Waals surface area contributed by atoms with E-state index in [0.717, 1.165) is 0 Å². The molecule has 0 saturated carbocycles. The van der Waals surface area contributed by atoms with Gasteiger partial charge in [-0.15, -0.1) is 0 Å². The number of nitrogens with zero attached hydrogens (tertiary/aromatic N) is 3. The highest BCUT2D eigenvalue weighted by atomic mass is 16.6. The van der Waals surface area contributed by atoms with E-state index in [1.807, 2.05) is 0 Å². The van der Waals surface area contributed by atoms with Gasteiger partial charge in [-0.2, -0.15) is 0 Å². The lowest BCUT2D eigenvalue weighted by molar-refractivity contribution is -0.145. The quantitative estimate of drug-likeness (QED) is 0.672. The van der Waals surface area contributed by atoms with E-state index in [1.54, 1.807) is 40.0 Å². The van der Waals surface area contributed by atoms with Crippen LogP contribution < -0.4 is 10.1 Å². The monoisotopic (exact) mass is 472 g/mol. The standard InChI is InChI=1S/C23H28N4O7/c1-22(2,3)34-21(30)27-11-23(9-16(27)20(29)32-6)25-15-8-17(31-5)14(18-10-24-12-33-18)7-13(15)19(28)26(23)4/h7-8,10,12,16,25H,9,11H2,1-6H3/t16-,23-/m1/s1. The number of carbonyl (C=O) groups excluding carboxylic acids is 3. The van der Waals surface area contributed by atoms with Crippen LogP contribution in [0, 0.1) is 0 Å². The van der Waals surface area contributed by atoms with Crippen LogP contribution in [0.5, 0.6) is 5.75 Å². The first-order valence-corrected chi connectivity index (χ1v) is 10.7. The minimum atomic E-state index is -1.06. The SMILES string of the molecule is COC(=O)[C@H]1C[C@@]2(CN1C(=O)OC(C)(C)C)Nc1cc(OC)c(-c3cnco3)cc1C(=O)N2C. The molecule has 2 aromatic rings. The van der Waals surface area contributed by atoms with Gasteiger partial charge in [0.1, 0.15) is 23.1 Å². The second-order valence-electron chi connectivity index (χ2n) is 9.34. The number of likely N-dealkylation sites (tertiary alicyclic amines) is 1. The van der Waals surface area contributed by atoms with Gasteiger partial charge in [0.15, 0.2) is 12.2 Å². The molecule has 34 heavy (non-hydrogen) atoms. The minimum Gasteiger partial charge on any atom is -0.496 e. The summed E-state index contributed by atoms with van der Waals surface area (Å²) in [4.78, 5) is 45.8. The van der Waals surface area contributed by atoms with Crippen LogP contribution in [0.3, 0.4) is 0 Å². The fourth-order valence-electron chi connectivity index (χ4n) is 4.36. The highest BCUT2D eigenvalue weighted by Crippen LogP contribution is 2.43. The van der Waals surface area contributed by atoms with E-state index >= 15 is 0 Å². The first kappa shape index (κ1) is 23.4. The fourth-order valence-corrected chi connectivity index (χ4v) is 4.36. The molecule has 1 fully saturated rings. The third-order valence-electron chi connectivity index (χ3n) is 6.02. The zero-order chi connectivity index (χ0) is 24.8. The van der Waals surface area contributed by atoms with Gasteiger partial charge in [0, 0.05) is 19.5 Å². The molecule has 11 heteroatoms. The Kier molecular flexibility index (Phi) is 5.66. The summed E-state index contributed by atoms with van der Waals surface area (Å²) in [6.07, 6.45) is 2.29. The number of amides is 2. The van der Waals surface area contributed by atoms with Crippen molar-refractivity contribution in [1.82, 2.24) is 14.8 Å². The van der Waals surface area contributed by atoms with Crippen molar-refractivity contribution in [3.05, 3.63) is 30.3 Å². The summed E-state index contributed by atoms with van der Waals surface area (Å²) in [6.45, 7) is 5.25. The van der Waals surface area contributed by atoms with Crippen LogP contribution in [0.4, 0.5) is 10.5 Å². The Morgan fingerprint density at radius 1 is 1.24 bits per heavy atom. The Labute approximate surface area is 196 Å². The number of nitrogens with one attached hydrogen (secondary N) is 1. The molecule has 4 rings (SSSR count). The normalized spacial score (nSPS) is 21.8. The lowest BCUT2D eigenvalue weighted by Gasteiger charge is -2.44. The van der Waals surface area contributed by atoms with Crippen LogP contribution in [0.1, 0.15) is 37.6 Å². The molecule has 0 unspecified atom stereocenters. The molecule has 1 N–H and O–H groups in total. The fraction of sp³-hybridized carbons (Fsp3) is 0.478. The Balaban J connectivity index is 1.74. The molecule has 11 nitrogen and oxygen atoms in total. The topological polar surface area (TPSA) is 123 Å². The van der Waals surface area contributed by atoms with Crippen LogP contribution in [0.25, 0.3) is 11.3 Å². The van der Waals surface area contributed by atoms with Crippen molar-refractivity contribution in [2.45, 2.75) is 44.5 Å². The molecule has 1 aromatic carbocycles. The summed E-state index contributed by atoms with van der Waals surface area (Å²) in [5.41, 5.74) is -0.332. The van der Waals surface area contributed by atoms with Gasteiger partial charge in [0.25, 0.3) is 5.91 Å². The largest absolute Gasteiger partial charge is 0.496 e. The molecule has 0 aliphatic carbocycles. The molecule has 2 amide bonds. The molecule has 182 valence electrons. The van der Waals surface area contributed by atoms with Crippen molar-refractivity contribution in [3.63, 3.8) is 0 Å². The maximum absolute atomic E-state index is 13.5. The van der Waals surface area contributed by atoms with Gasteiger partial charge >= 0.3 is 12.1 Å². The zero-order valence-corrected chi connectivity index (χ0v) is 20.0. The van der Waals surface area contributed by atoms with E-state index in [4.69, 9.17) is 18.6 Å². The number of methoxy groups -OCH3 is 2. The highest BCUT2D eigenvalue weighted by Gasteiger charge is 2.56. The summed E-state index contributed by atoms with van der Waals surface area (Å²) in [5, 5.41) is 3.38. The Morgan fingerprint density at radius 2 is 1.97 bits per heavy atom. The molecule has 0 bridgehead atoms. The lowest BCUT2D eigenvalue weighted by atomic mass is 9.95. The van der Waals surface area contributed by atoms with Crippen LogP contribution in [0.2, 0.25) is 0 Å². The molecule has 1 aromatic heterocycles. The van der Waals surface area contributed by atoms with E-state index in [0.29, 0.717) is 28.3 Å². The summed E-state index contributed by atoms with van der Waals surface area (Å²) in [7, 11) is 4.40. The van der Waals surface area contributed by atoms with E-state index in [2.05, 4.69) is 10.3 Å². The van der Waals surface area contributed by atoms with Gasteiger partial charge in [-0.05, 0) is 26.8 Å². The van der Waals surface area contributed by atoms with Crippen LogP contribution in [-0.4, -0.2) is 77.9 Å². The number of hydrogen-bond acceptors (Lipinski definition) is 9. The van der Waals surface area contributed by atoms with Crippen LogP contribution in [0.15, 0.2) is 29.1 Å². The number of rotatable bonds is 3. The second kappa shape index (κ2) is 8.23. The summed E-state index contributed by atoms with van der Waals surface area (Å²) < 4.78 is 21.4. The second-order valence-corrected chi connectivity index (χ2v) is 9.34. The molecular formula is C23H28N4O7. The van der Waals surface area contributed by atoms with Gasteiger partial charge < -0.3 is 28.8 Å². The van der Waals surface area contributed by atoms with Crippen LogP contribution >= 0.6 is 0 Å². The van der Waals surface area contributed by atoms with Crippen molar-refractivity contribution >= 4 is 23.7 Å². The number of oxazole rings is 1. The average molecular weight is 472 g/mol. The number of aromatic nitrogens is 1. The average Bonchev–Trinajstić information content (AvgIpc) is 3.44. The first-order chi connectivity index (χ1) is 16.0. The molecule has 2 aliphatic heterocycles. The zero-order valence-electron chi connectivity index (χ0n) is 20.0. The smallest absolute Gasteiger partial charge is 0.411 e. The predicted molar refractivity (Wildman–Crippen MR) is 120 cm³/mol. The number of carbonyl (C=O) groups is 3. The number of esters is 1. The number of benzene rings is 1. The summed E-state index contributed by atoms with van der Waals surface area (Å²) in [6, 6.07) is 2.44. The van der Waals surface area contributed by atoms with Crippen molar-refractivity contribution in [2.75, 3.05) is 33.1 Å². The molecule has 1 saturated heterocycles. The Morgan fingerprint density at radius 3 is 2.56 bits per heavy atom. The summed E-state index contributed by atoms with van der Waals surface area (Å²) in [5.74, 6) is 0.0568. The predicted octanol–water partition coefficient (Wildman–Crippen LogP) is 2.73. The van der Waals surface area contributed by atoms with E-state index in [1.165, 1.54) is 36.6 Å². The lowest BCUT2D eigenvalue weighted by Crippen LogP contribution is -2.60. The minimum absolute atomic E-state index is 0.0233. The van der Waals surface area contributed by atoms with Crippen molar-refractivity contribution in [3.8, 4) is 17.1 Å². The van der Waals surface area contributed by atoms with Gasteiger partial charge in [0.05, 0.1) is 43.8 Å². The van der Waals surface area contributed by atoms with E-state index in [9.17, 15) is 14.4 Å². The van der Waals surface area contributed by atoms with Gasteiger partial charge in [-0.25, -0.2) is 14.6 Å². The Hall–Kier alpha value is -3.76.